The van der Waals surface area contributed by atoms with E-state index >= 15 is 0 Å². The van der Waals surface area contributed by atoms with Crippen LogP contribution in [0.1, 0.15) is 26.7 Å². The highest BCUT2D eigenvalue weighted by Crippen LogP contribution is 2.29. The molecule has 0 aromatic carbocycles. The van der Waals surface area contributed by atoms with Crippen LogP contribution in [0.3, 0.4) is 0 Å². The number of rotatable bonds is 1. The number of carbonyl (C=O) groups is 2. The zero-order valence-corrected chi connectivity index (χ0v) is 7.33. The summed E-state index contributed by atoms with van der Waals surface area (Å²) in [5.74, 6) is -0.0672. The predicted octanol–water partition coefficient (Wildman–Crippen LogP) is 1.11. The standard InChI is InChI=1S/C8H13NO3/c1-6(10)8(2)4-3-5-9(8)7(11)12/h3-5H2,1-2H3,(H,11,12)/t8-/m1/s1. The predicted molar refractivity (Wildman–Crippen MR) is 43.1 cm³/mol. The molecule has 0 bridgehead atoms. The van der Waals surface area contributed by atoms with E-state index < -0.39 is 11.6 Å². The SMILES string of the molecule is CC(=O)[C@@]1(C)CCCN1C(=O)O. The summed E-state index contributed by atoms with van der Waals surface area (Å²) in [4.78, 5) is 23.1. The van der Waals surface area contributed by atoms with Crippen LogP contribution in [0.4, 0.5) is 4.79 Å². The normalized spacial score (nSPS) is 29.0. The summed E-state index contributed by atoms with van der Waals surface area (Å²) in [6.07, 6.45) is 0.432. The maximum atomic E-state index is 11.2. The van der Waals surface area contributed by atoms with Gasteiger partial charge in [-0.15, -0.1) is 0 Å². The average Bonchev–Trinajstić information content (AvgIpc) is 2.32. The molecule has 12 heavy (non-hydrogen) atoms. The zero-order chi connectivity index (χ0) is 9.35. The Hall–Kier alpha value is -1.06. The molecule has 4 nitrogen and oxygen atoms in total. The lowest BCUT2D eigenvalue weighted by Gasteiger charge is -2.30. The first-order valence-electron chi connectivity index (χ1n) is 4.00. The molecule has 0 aliphatic carbocycles. The quantitative estimate of drug-likeness (QED) is 0.642. The Kier molecular flexibility index (Phi) is 2.08. The van der Waals surface area contributed by atoms with Crippen molar-refractivity contribution in [1.82, 2.24) is 4.90 Å². The molecule has 1 atom stereocenters. The van der Waals surface area contributed by atoms with E-state index in [1.54, 1.807) is 6.92 Å². The van der Waals surface area contributed by atoms with Crippen LogP contribution in [0.15, 0.2) is 0 Å². The lowest BCUT2D eigenvalue weighted by molar-refractivity contribution is -0.125. The molecule has 1 aliphatic rings. The maximum Gasteiger partial charge on any atom is 0.408 e. The second-order valence-corrected chi connectivity index (χ2v) is 3.37. The number of hydrogen-bond acceptors (Lipinski definition) is 2. The van der Waals surface area contributed by atoms with Gasteiger partial charge in [0.1, 0.15) is 5.54 Å². The molecule has 0 unspecified atom stereocenters. The van der Waals surface area contributed by atoms with Gasteiger partial charge in [0.2, 0.25) is 0 Å². The number of ketones is 1. The third kappa shape index (κ3) is 1.17. The first kappa shape index (κ1) is 9.03. The molecule has 0 radical (unpaired) electrons. The van der Waals surface area contributed by atoms with E-state index in [1.165, 1.54) is 11.8 Å². The fourth-order valence-electron chi connectivity index (χ4n) is 1.64. The monoisotopic (exact) mass is 171 g/mol. The van der Waals surface area contributed by atoms with Crippen molar-refractivity contribution in [3.05, 3.63) is 0 Å². The zero-order valence-electron chi connectivity index (χ0n) is 7.33. The number of carbonyl (C=O) groups excluding carboxylic acids is 1. The molecular formula is C8H13NO3. The number of nitrogens with zero attached hydrogens (tertiary/aromatic N) is 1. The van der Waals surface area contributed by atoms with Gasteiger partial charge in [0, 0.05) is 6.54 Å². The van der Waals surface area contributed by atoms with E-state index in [0.29, 0.717) is 13.0 Å². The van der Waals surface area contributed by atoms with Crippen LogP contribution in [-0.2, 0) is 4.79 Å². The number of hydrogen-bond donors (Lipinski definition) is 1. The number of carboxylic acid groups (broad SMARTS) is 1. The van der Waals surface area contributed by atoms with Gasteiger partial charge in [-0.05, 0) is 26.7 Å². The van der Waals surface area contributed by atoms with Gasteiger partial charge in [-0.25, -0.2) is 4.79 Å². The molecule has 0 spiro atoms. The molecule has 4 heteroatoms. The van der Waals surface area contributed by atoms with E-state index in [0.717, 1.165) is 6.42 Å². The highest BCUT2D eigenvalue weighted by molar-refractivity contribution is 5.89. The van der Waals surface area contributed by atoms with Crippen LogP contribution < -0.4 is 0 Å². The maximum absolute atomic E-state index is 11.2. The summed E-state index contributed by atoms with van der Waals surface area (Å²) < 4.78 is 0. The minimum absolute atomic E-state index is 0.0672. The van der Waals surface area contributed by atoms with Gasteiger partial charge in [0.25, 0.3) is 0 Å². The second kappa shape index (κ2) is 2.77. The Morgan fingerprint density at radius 1 is 1.50 bits per heavy atom. The van der Waals surface area contributed by atoms with Crippen molar-refractivity contribution in [2.75, 3.05) is 6.54 Å². The fraction of sp³-hybridized carbons (Fsp3) is 0.750. The van der Waals surface area contributed by atoms with Crippen LogP contribution in [0, 0.1) is 0 Å². The number of Topliss-reactive ketones (excluding diaryl/α,β-unsaturated/α-hetero) is 1. The van der Waals surface area contributed by atoms with Crippen molar-refractivity contribution in [2.24, 2.45) is 0 Å². The second-order valence-electron chi connectivity index (χ2n) is 3.37. The largest absolute Gasteiger partial charge is 0.465 e. The van der Waals surface area contributed by atoms with Crippen molar-refractivity contribution in [1.29, 1.82) is 0 Å². The molecule has 1 amide bonds. The van der Waals surface area contributed by atoms with Gasteiger partial charge in [0.15, 0.2) is 5.78 Å². The van der Waals surface area contributed by atoms with Gasteiger partial charge in [-0.2, -0.15) is 0 Å². The van der Waals surface area contributed by atoms with Crippen molar-refractivity contribution in [3.8, 4) is 0 Å². The summed E-state index contributed by atoms with van der Waals surface area (Å²) in [6, 6.07) is 0. The molecule has 1 aliphatic heterocycles. The third-order valence-electron chi connectivity index (χ3n) is 2.63. The average molecular weight is 171 g/mol. The Bertz CT molecular complexity index is 226. The highest BCUT2D eigenvalue weighted by Gasteiger charge is 2.43. The first-order valence-corrected chi connectivity index (χ1v) is 4.00. The van der Waals surface area contributed by atoms with Crippen molar-refractivity contribution in [2.45, 2.75) is 32.2 Å². The smallest absolute Gasteiger partial charge is 0.408 e. The molecule has 1 rings (SSSR count). The summed E-state index contributed by atoms with van der Waals surface area (Å²) in [7, 11) is 0. The van der Waals surface area contributed by atoms with Crippen LogP contribution in [-0.4, -0.2) is 34.0 Å². The van der Waals surface area contributed by atoms with Gasteiger partial charge in [-0.1, -0.05) is 0 Å². The van der Waals surface area contributed by atoms with Gasteiger partial charge in [0.05, 0.1) is 0 Å². The molecule has 1 saturated heterocycles. The van der Waals surface area contributed by atoms with E-state index in [4.69, 9.17) is 5.11 Å². The highest BCUT2D eigenvalue weighted by atomic mass is 16.4. The Morgan fingerprint density at radius 3 is 2.42 bits per heavy atom. The number of amides is 1. The van der Waals surface area contributed by atoms with Crippen molar-refractivity contribution < 1.29 is 14.7 Å². The Balaban J connectivity index is 2.89. The van der Waals surface area contributed by atoms with E-state index in [9.17, 15) is 9.59 Å². The molecule has 0 aromatic rings. The van der Waals surface area contributed by atoms with E-state index in [1.807, 2.05) is 0 Å². The molecule has 0 aromatic heterocycles. The summed E-state index contributed by atoms with van der Waals surface area (Å²) in [6.45, 7) is 3.61. The molecular weight excluding hydrogens is 158 g/mol. The lowest BCUT2D eigenvalue weighted by Crippen LogP contribution is -2.49. The van der Waals surface area contributed by atoms with Gasteiger partial charge in [-0.3, -0.25) is 9.69 Å². The fourth-order valence-corrected chi connectivity index (χ4v) is 1.64. The van der Waals surface area contributed by atoms with E-state index in [-0.39, 0.29) is 5.78 Å². The topological polar surface area (TPSA) is 57.6 Å². The first-order chi connectivity index (χ1) is 5.48. The summed E-state index contributed by atoms with van der Waals surface area (Å²) in [5.41, 5.74) is -0.772. The third-order valence-corrected chi connectivity index (χ3v) is 2.63. The minimum Gasteiger partial charge on any atom is -0.465 e. The Morgan fingerprint density at radius 2 is 2.08 bits per heavy atom. The van der Waals surface area contributed by atoms with Crippen LogP contribution in [0.25, 0.3) is 0 Å². The lowest BCUT2D eigenvalue weighted by atomic mass is 9.95. The van der Waals surface area contributed by atoms with Crippen molar-refractivity contribution in [3.63, 3.8) is 0 Å². The van der Waals surface area contributed by atoms with Crippen LogP contribution in [0.2, 0.25) is 0 Å². The van der Waals surface area contributed by atoms with E-state index in [2.05, 4.69) is 0 Å². The molecule has 1 fully saturated rings. The molecule has 1 N–H and O–H groups in total. The Labute approximate surface area is 71.2 Å². The number of likely N-dealkylation sites (tertiary alicyclic amines) is 1. The minimum atomic E-state index is -0.995. The molecule has 1 heterocycles. The molecule has 0 saturated carbocycles. The van der Waals surface area contributed by atoms with Gasteiger partial charge < -0.3 is 5.11 Å². The summed E-state index contributed by atoms with van der Waals surface area (Å²) in [5, 5.41) is 8.77. The summed E-state index contributed by atoms with van der Waals surface area (Å²) >= 11 is 0. The van der Waals surface area contributed by atoms with Crippen LogP contribution in [0.5, 0.6) is 0 Å². The van der Waals surface area contributed by atoms with Gasteiger partial charge >= 0.3 is 6.09 Å². The molecule has 68 valence electrons. The van der Waals surface area contributed by atoms with Crippen molar-refractivity contribution >= 4 is 11.9 Å². The van der Waals surface area contributed by atoms with Crippen LogP contribution >= 0.6 is 0 Å².